The van der Waals surface area contributed by atoms with E-state index >= 15 is 0 Å². The second-order valence-corrected chi connectivity index (χ2v) is 9.03. The highest BCUT2D eigenvalue weighted by Crippen LogP contribution is 2.50. The number of carbonyl (C=O) groups is 1. The van der Waals surface area contributed by atoms with Crippen LogP contribution in [-0.4, -0.2) is 39.1 Å². The smallest absolute Gasteiger partial charge is 0.306 e. The summed E-state index contributed by atoms with van der Waals surface area (Å²) in [5.74, 6) is -0.775. The molecule has 1 aliphatic carbocycles. The summed E-state index contributed by atoms with van der Waals surface area (Å²) in [6.45, 7) is 1.42. The third kappa shape index (κ3) is 3.03. The number of rotatable bonds is 4. The zero-order valence-corrected chi connectivity index (χ0v) is 17.6. The lowest BCUT2D eigenvalue weighted by Gasteiger charge is -2.35. The average Bonchev–Trinajstić information content (AvgIpc) is 3.34. The van der Waals surface area contributed by atoms with Crippen molar-refractivity contribution < 1.29 is 19.0 Å². The molecule has 3 heterocycles. The maximum Gasteiger partial charge on any atom is 0.306 e. The van der Waals surface area contributed by atoms with Crippen molar-refractivity contribution in [3.05, 3.63) is 59.7 Å². The van der Waals surface area contributed by atoms with Crippen LogP contribution in [0.15, 0.2) is 42.6 Å². The molecular formula is C25H24FN3O3. The van der Waals surface area contributed by atoms with Gasteiger partial charge < -0.3 is 14.4 Å². The molecule has 1 aliphatic heterocycles. The highest BCUT2D eigenvalue weighted by Gasteiger charge is 2.40. The van der Waals surface area contributed by atoms with Crippen molar-refractivity contribution in [2.45, 2.75) is 37.5 Å². The molecule has 0 amide bonds. The number of ether oxygens (including phenoxy) is 1. The zero-order chi connectivity index (χ0) is 21.8. The van der Waals surface area contributed by atoms with E-state index in [9.17, 15) is 14.3 Å². The number of fused-ring (bicyclic) bond motifs is 2. The molecule has 1 saturated carbocycles. The number of H-pyrrole nitrogens is 1. The van der Waals surface area contributed by atoms with Gasteiger partial charge in [0.05, 0.1) is 23.1 Å². The van der Waals surface area contributed by atoms with Crippen molar-refractivity contribution in [1.29, 1.82) is 0 Å². The van der Waals surface area contributed by atoms with Crippen molar-refractivity contribution in [2.75, 3.05) is 13.2 Å². The van der Waals surface area contributed by atoms with E-state index in [1.54, 1.807) is 0 Å². The van der Waals surface area contributed by atoms with Gasteiger partial charge in [-0.2, -0.15) is 5.10 Å². The topological polar surface area (TPSA) is 80.1 Å². The number of nitrogens with one attached hydrogen (secondary N) is 1. The fourth-order valence-electron chi connectivity index (χ4n) is 5.49. The minimum Gasteiger partial charge on any atom is -0.481 e. The van der Waals surface area contributed by atoms with Gasteiger partial charge in [-0.15, -0.1) is 0 Å². The summed E-state index contributed by atoms with van der Waals surface area (Å²) in [7, 11) is 0. The summed E-state index contributed by atoms with van der Waals surface area (Å²) < 4.78 is 21.7. The van der Waals surface area contributed by atoms with E-state index in [1.807, 2.05) is 18.3 Å². The van der Waals surface area contributed by atoms with Gasteiger partial charge in [-0.3, -0.25) is 9.89 Å². The molecule has 0 radical (unpaired) electrons. The fourth-order valence-corrected chi connectivity index (χ4v) is 5.49. The molecule has 2 aromatic carbocycles. The lowest BCUT2D eigenvalue weighted by Crippen LogP contribution is -2.30. The first kappa shape index (κ1) is 19.5. The number of benzene rings is 2. The predicted octanol–water partition coefficient (Wildman–Crippen LogP) is 5.12. The Kier molecular flexibility index (Phi) is 4.54. The Bertz CT molecular complexity index is 1310. The SMILES string of the molecule is O=C(O)C1CC(c2c(C3CCOCC3)n(-c3ccc(F)cc3)c3cc4cn[nH]c4cc23)C1. The Balaban J connectivity index is 1.63. The largest absolute Gasteiger partial charge is 0.481 e. The number of aliphatic carboxylic acids is 1. The Morgan fingerprint density at radius 3 is 2.59 bits per heavy atom. The maximum atomic E-state index is 13.8. The third-order valence-corrected chi connectivity index (χ3v) is 7.19. The number of carboxylic acid groups (broad SMARTS) is 1. The van der Waals surface area contributed by atoms with Crippen molar-refractivity contribution >= 4 is 27.8 Å². The van der Waals surface area contributed by atoms with Crippen LogP contribution in [0.1, 0.15) is 48.8 Å². The van der Waals surface area contributed by atoms with E-state index in [0.717, 1.165) is 40.3 Å². The molecular weight excluding hydrogens is 409 g/mol. The molecule has 1 saturated heterocycles. The van der Waals surface area contributed by atoms with Crippen LogP contribution in [0.4, 0.5) is 4.39 Å². The molecule has 0 bridgehead atoms. The number of hydrogen-bond donors (Lipinski definition) is 2. The Labute approximate surface area is 184 Å². The fraction of sp³-hybridized carbons (Fsp3) is 0.360. The molecule has 0 unspecified atom stereocenters. The summed E-state index contributed by atoms with van der Waals surface area (Å²) in [6.07, 6.45) is 4.94. The van der Waals surface area contributed by atoms with Crippen LogP contribution in [0.2, 0.25) is 0 Å². The molecule has 4 aromatic rings. The normalized spacial score (nSPS) is 21.8. The lowest BCUT2D eigenvalue weighted by atomic mass is 9.69. The van der Waals surface area contributed by atoms with Crippen LogP contribution in [0.3, 0.4) is 0 Å². The number of carboxylic acids is 1. The number of nitrogens with zero attached hydrogens (tertiary/aromatic N) is 2. The lowest BCUT2D eigenvalue weighted by molar-refractivity contribution is -0.145. The molecule has 2 aromatic heterocycles. The van der Waals surface area contributed by atoms with E-state index in [4.69, 9.17) is 4.74 Å². The van der Waals surface area contributed by atoms with E-state index in [1.165, 1.54) is 23.4 Å². The van der Waals surface area contributed by atoms with Crippen molar-refractivity contribution in [3.63, 3.8) is 0 Å². The maximum absolute atomic E-state index is 13.8. The monoisotopic (exact) mass is 433 g/mol. The quantitative estimate of drug-likeness (QED) is 0.468. The van der Waals surface area contributed by atoms with Gasteiger partial charge in [0.25, 0.3) is 0 Å². The first-order valence-corrected chi connectivity index (χ1v) is 11.2. The van der Waals surface area contributed by atoms with Gasteiger partial charge in [0, 0.05) is 41.3 Å². The molecule has 2 aliphatic rings. The Hall–Kier alpha value is -3.19. The summed E-state index contributed by atoms with van der Waals surface area (Å²) in [6, 6.07) is 10.9. The zero-order valence-electron chi connectivity index (χ0n) is 17.6. The van der Waals surface area contributed by atoms with Crippen LogP contribution >= 0.6 is 0 Å². The van der Waals surface area contributed by atoms with Crippen LogP contribution in [-0.2, 0) is 9.53 Å². The van der Waals surface area contributed by atoms with Crippen LogP contribution in [0, 0.1) is 11.7 Å². The van der Waals surface area contributed by atoms with Gasteiger partial charge in [-0.1, -0.05) is 0 Å². The van der Waals surface area contributed by atoms with Crippen LogP contribution in [0.25, 0.3) is 27.5 Å². The molecule has 2 N–H and O–H groups in total. The Morgan fingerprint density at radius 2 is 1.88 bits per heavy atom. The van der Waals surface area contributed by atoms with Gasteiger partial charge in [-0.25, -0.2) is 4.39 Å². The average molecular weight is 433 g/mol. The second kappa shape index (κ2) is 7.45. The summed E-state index contributed by atoms with van der Waals surface area (Å²) in [5, 5.41) is 18.9. The standard InChI is InChI=1S/C25H24FN3O3/c26-18-1-3-19(4-2-18)29-22-11-17-13-27-28-21(17)12-20(22)23(15-9-16(10-15)25(30)31)24(29)14-5-7-32-8-6-14/h1-4,11-16H,5-10H2,(H,27,28)(H,30,31). The minimum absolute atomic E-state index is 0.193. The van der Waals surface area contributed by atoms with Crippen molar-refractivity contribution in [1.82, 2.24) is 14.8 Å². The van der Waals surface area contributed by atoms with Crippen molar-refractivity contribution in [3.8, 4) is 5.69 Å². The van der Waals surface area contributed by atoms with Gasteiger partial charge in [-0.05, 0) is 73.6 Å². The van der Waals surface area contributed by atoms with Crippen LogP contribution in [0.5, 0.6) is 0 Å². The highest BCUT2D eigenvalue weighted by atomic mass is 19.1. The highest BCUT2D eigenvalue weighted by molar-refractivity contribution is 5.99. The first-order chi connectivity index (χ1) is 15.6. The summed E-state index contributed by atoms with van der Waals surface area (Å²) >= 11 is 0. The van der Waals surface area contributed by atoms with Crippen molar-refractivity contribution in [2.24, 2.45) is 5.92 Å². The van der Waals surface area contributed by atoms with Crippen LogP contribution < -0.4 is 0 Å². The molecule has 7 heteroatoms. The molecule has 6 nitrogen and oxygen atoms in total. The first-order valence-electron chi connectivity index (χ1n) is 11.2. The molecule has 164 valence electrons. The number of aromatic amines is 1. The second-order valence-electron chi connectivity index (χ2n) is 9.03. The molecule has 2 fully saturated rings. The van der Waals surface area contributed by atoms with E-state index in [0.29, 0.717) is 32.0 Å². The summed E-state index contributed by atoms with van der Waals surface area (Å²) in [5.41, 5.74) is 5.40. The van der Waals surface area contributed by atoms with Gasteiger partial charge in [0.1, 0.15) is 5.82 Å². The third-order valence-electron chi connectivity index (χ3n) is 7.19. The van der Waals surface area contributed by atoms with Gasteiger partial charge >= 0.3 is 5.97 Å². The minimum atomic E-state index is -0.716. The molecule has 32 heavy (non-hydrogen) atoms. The van der Waals surface area contributed by atoms with E-state index < -0.39 is 5.97 Å². The van der Waals surface area contributed by atoms with E-state index in [2.05, 4.69) is 26.9 Å². The molecule has 0 spiro atoms. The number of halogens is 1. The molecule has 0 atom stereocenters. The van der Waals surface area contributed by atoms with Gasteiger partial charge in [0.2, 0.25) is 0 Å². The van der Waals surface area contributed by atoms with E-state index in [-0.39, 0.29) is 17.7 Å². The number of aromatic nitrogens is 3. The number of hydrogen-bond acceptors (Lipinski definition) is 3. The molecule has 6 rings (SSSR count). The summed E-state index contributed by atoms with van der Waals surface area (Å²) in [4.78, 5) is 11.5. The predicted molar refractivity (Wildman–Crippen MR) is 119 cm³/mol. The Morgan fingerprint density at radius 1 is 1.12 bits per heavy atom. The van der Waals surface area contributed by atoms with Gasteiger partial charge in [0.15, 0.2) is 0 Å².